The Morgan fingerprint density at radius 2 is 1.76 bits per heavy atom. The summed E-state index contributed by atoms with van der Waals surface area (Å²) >= 11 is 0. The van der Waals surface area contributed by atoms with Gasteiger partial charge in [0, 0.05) is 11.6 Å². The average molecular weight is 386 g/mol. The Labute approximate surface area is 164 Å². The standard InChI is InChI=1S/C21H14N4O4/c26-18-8-4-1-5-14(18)9-11-20-23-17-7-3-2-6-16(17)21(27)24(20)19-12-10-15(13-22-19)25(28)29/h1-13,26H/b11-9+. The maximum Gasteiger partial charge on any atom is 0.287 e. The van der Waals surface area contributed by atoms with Gasteiger partial charge >= 0.3 is 0 Å². The number of aromatic nitrogens is 3. The van der Waals surface area contributed by atoms with Crippen LogP contribution < -0.4 is 5.56 Å². The number of rotatable bonds is 4. The van der Waals surface area contributed by atoms with Gasteiger partial charge in [0.15, 0.2) is 0 Å². The number of pyridine rings is 1. The number of hydrogen-bond acceptors (Lipinski definition) is 6. The van der Waals surface area contributed by atoms with E-state index in [4.69, 9.17) is 0 Å². The minimum absolute atomic E-state index is 0.0897. The molecule has 0 saturated heterocycles. The van der Waals surface area contributed by atoms with E-state index in [1.807, 2.05) is 0 Å². The van der Waals surface area contributed by atoms with E-state index in [2.05, 4.69) is 9.97 Å². The molecule has 0 unspecified atom stereocenters. The van der Waals surface area contributed by atoms with Crippen molar-refractivity contribution in [1.29, 1.82) is 0 Å². The van der Waals surface area contributed by atoms with E-state index < -0.39 is 4.92 Å². The van der Waals surface area contributed by atoms with Gasteiger partial charge in [0.05, 0.1) is 15.8 Å². The third kappa shape index (κ3) is 3.46. The Balaban J connectivity index is 1.92. The first-order valence-electron chi connectivity index (χ1n) is 8.63. The summed E-state index contributed by atoms with van der Waals surface area (Å²) in [5.41, 5.74) is 0.529. The Kier molecular flexibility index (Phi) is 4.58. The van der Waals surface area contributed by atoms with Crippen molar-refractivity contribution in [2.24, 2.45) is 0 Å². The molecule has 0 saturated carbocycles. The molecule has 29 heavy (non-hydrogen) atoms. The van der Waals surface area contributed by atoms with Crippen molar-refractivity contribution in [2.75, 3.05) is 0 Å². The molecule has 0 atom stereocenters. The molecular weight excluding hydrogens is 372 g/mol. The lowest BCUT2D eigenvalue weighted by Crippen LogP contribution is -2.23. The SMILES string of the molecule is O=c1c2ccccc2nc(/C=C/c2ccccc2O)n1-c1ccc([N+](=O)[O-])cn1. The van der Waals surface area contributed by atoms with Crippen LogP contribution in [0.5, 0.6) is 5.75 Å². The highest BCUT2D eigenvalue weighted by Crippen LogP contribution is 2.20. The molecule has 2 aromatic carbocycles. The number of phenols is 1. The maximum absolute atomic E-state index is 13.1. The lowest BCUT2D eigenvalue weighted by atomic mass is 10.2. The van der Waals surface area contributed by atoms with Gasteiger partial charge in [0.2, 0.25) is 0 Å². The Morgan fingerprint density at radius 3 is 2.48 bits per heavy atom. The lowest BCUT2D eigenvalue weighted by molar-refractivity contribution is -0.385. The number of hydrogen-bond donors (Lipinski definition) is 1. The molecule has 0 fully saturated rings. The smallest absolute Gasteiger partial charge is 0.287 e. The lowest BCUT2D eigenvalue weighted by Gasteiger charge is -2.10. The van der Waals surface area contributed by atoms with Crippen LogP contribution in [0.3, 0.4) is 0 Å². The van der Waals surface area contributed by atoms with Gasteiger partial charge in [0.1, 0.15) is 23.6 Å². The highest BCUT2D eigenvalue weighted by molar-refractivity contribution is 5.80. The second-order valence-electron chi connectivity index (χ2n) is 6.15. The number of para-hydroxylation sites is 2. The molecule has 0 aliphatic carbocycles. The quantitative estimate of drug-likeness (QED) is 0.424. The molecule has 0 spiro atoms. The summed E-state index contributed by atoms with van der Waals surface area (Å²) in [5, 5.41) is 21.3. The third-order valence-corrected chi connectivity index (χ3v) is 4.32. The molecule has 8 heteroatoms. The zero-order valence-corrected chi connectivity index (χ0v) is 15.0. The second-order valence-corrected chi connectivity index (χ2v) is 6.15. The number of nitro groups is 1. The van der Waals surface area contributed by atoms with E-state index in [1.165, 1.54) is 16.7 Å². The molecular formula is C21H14N4O4. The predicted molar refractivity (Wildman–Crippen MR) is 109 cm³/mol. The van der Waals surface area contributed by atoms with E-state index >= 15 is 0 Å². The number of benzene rings is 2. The summed E-state index contributed by atoms with van der Waals surface area (Å²) in [6.45, 7) is 0. The van der Waals surface area contributed by atoms with Crippen LogP contribution in [0.4, 0.5) is 5.69 Å². The van der Waals surface area contributed by atoms with Gasteiger partial charge in [-0.25, -0.2) is 14.5 Å². The predicted octanol–water partition coefficient (Wildman–Crippen LogP) is 3.56. The van der Waals surface area contributed by atoms with Crippen LogP contribution in [-0.4, -0.2) is 24.6 Å². The van der Waals surface area contributed by atoms with Gasteiger partial charge in [-0.15, -0.1) is 0 Å². The van der Waals surface area contributed by atoms with Crippen molar-refractivity contribution in [1.82, 2.24) is 14.5 Å². The topological polar surface area (TPSA) is 111 Å². The molecule has 8 nitrogen and oxygen atoms in total. The zero-order valence-electron chi connectivity index (χ0n) is 15.0. The van der Waals surface area contributed by atoms with Crippen molar-refractivity contribution in [3.63, 3.8) is 0 Å². The molecule has 2 heterocycles. The summed E-state index contributed by atoms with van der Waals surface area (Å²) < 4.78 is 1.28. The van der Waals surface area contributed by atoms with Gasteiger partial charge in [-0.05, 0) is 36.4 Å². The normalized spacial score (nSPS) is 11.2. The van der Waals surface area contributed by atoms with Gasteiger partial charge in [-0.1, -0.05) is 30.3 Å². The van der Waals surface area contributed by atoms with Crippen molar-refractivity contribution >= 4 is 28.7 Å². The zero-order chi connectivity index (χ0) is 20.4. The first-order valence-corrected chi connectivity index (χ1v) is 8.63. The minimum atomic E-state index is -0.558. The molecule has 0 aliphatic heterocycles. The van der Waals surface area contributed by atoms with Crippen molar-refractivity contribution in [3.05, 3.63) is 98.7 Å². The largest absolute Gasteiger partial charge is 0.507 e. The summed E-state index contributed by atoms with van der Waals surface area (Å²) in [6, 6.07) is 16.3. The molecule has 0 radical (unpaired) electrons. The van der Waals surface area contributed by atoms with Crippen LogP contribution in [0.25, 0.3) is 28.9 Å². The Morgan fingerprint density at radius 1 is 1.00 bits per heavy atom. The van der Waals surface area contributed by atoms with Gasteiger partial charge < -0.3 is 5.11 Å². The van der Waals surface area contributed by atoms with Crippen molar-refractivity contribution < 1.29 is 10.0 Å². The fourth-order valence-electron chi connectivity index (χ4n) is 2.89. The average Bonchev–Trinajstić information content (AvgIpc) is 2.73. The first-order chi connectivity index (χ1) is 14.0. The van der Waals surface area contributed by atoms with Crippen LogP contribution in [0.15, 0.2) is 71.7 Å². The molecule has 142 valence electrons. The molecule has 4 aromatic rings. The number of phenolic OH excluding ortho intramolecular Hbond substituents is 1. The van der Waals surface area contributed by atoms with Gasteiger partial charge in [-0.3, -0.25) is 14.9 Å². The Hall–Kier alpha value is -4.33. The molecule has 4 rings (SSSR count). The van der Waals surface area contributed by atoms with E-state index in [0.717, 1.165) is 6.20 Å². The van der Waals surface area contributed by atoms with E-state index in [9.17, 15) is 20.0 Å². The fourth-order valence-corrected chi connectivity index (χ4v) is 2.89. The van der Waals surface area contributed by atoms with E-state index in [-0.39, 0.29) is 28.6 Å². The van der Waals surface area contributed by atoms with Gasteiger partial charge in [-0.2, -0.15) is 0 Å². The molecule has 0 amide bonds. The highest BCUT2D eigenvalue weighted by atomic mass is 16.6. The summed E-state index contributed by atoms with van der Waals surface area (Å²) in [5.74, 6) is 0.570. The van der Waals surface area contributed by atoms with Crippen LogP contribution in [0, 0.1) is 10.1 Å². The molecule has 1 N–H and O–H groups in total. The van der Waals surface area contributed by atoms with Gasteiger partial charge in [0.25, 0.3) is 11.2 Å². The second kappa shape index (κ2) is 7.35. The van der Waals surface area contributed by atoms with Crippen LogP contribution in [0.1, 0.15) is 11.4 Å². The number of fused-ring (bicyclic) bond motifs is 1. The first kappa shape index (κ1) is 18.1. The molecule has 0 bridgehead atoms. The Bertz CT molecular complexity index is 1310. The van der Waals surface area contributed by atoms with Crippen molar-refractivity contribution in [2.45, 2.75) is 0 Å². The van der Waals surface area contributed by atoms with E-state index in [1.54, 1.807) is 60.7 Å². The van der Waals surface area contributed by atoms with Crippen LogP contribution in [-0.2, 0) is 0 Å². The summed E-state index contributed by atoms with van der Waals surface area (Å²) in [7, 11) is 0. The van der Waals surface area contributed by atoms with Crippen molar-refractivity contribution in [3.8, 4) is 11.6 Å². The monoisotopic (exact) mass is 386 g/mol. The fraction of sp³-hybridized carbons (Fsp3) is 0. The molecule has 2 aromatic heterocycles. The number of nitrogens with zero attached hydrogens (tertiary/aromatic N) is 4. The van der Waals surface area contributed by atoms with Crippen LogP contribution in [0.2, 0.25) is 0 Å². The summed E-state index contributed by atoms with van der Waals surface area (Å²) in [4.78, 5) is 32.1. The summed E-state index contributed by atoms with van der Waals surface area (Å²) in [6.07, 6.45) is 4.31. The highest BCUT2D eigenvalue weighted by Gasteiger charge is 2.14. The minimum Gasteiger partial charge on any atom is -0.507 e. The van der Waals surface area contributed by atoms with E-state index in [0.29, 0.717) is 16.5 Å². The maximum atomic E-state index is 13.1. The third-order valence-electron chi connectivity index (χ3n) is 4.32. The number of aromatic hydroxyl groups is 1. The van der Waals surface area contributed by atoms with Crippen LogP contribution >= 0.6 is 0 Å². The molecule has 0 aliphatic rings.